The molecular formula is C21H15F4N5O3S. The van der Waals surface area contributed by atoms with E-state index >= 15 is 0 Å². The van der Waals surface area contributed by atoms with Gasteiger partial charge in [0.1, 0.15) is 10.5 Å². The molecule has 1 saturated heterocycles. The molecule has 5 rings (SSSR count). The van der Waals surface area contributed by atoms with Crippen LogP contribution in [0.1, 0.15) is 29.0 Å². The van der Waals surface area contributed by atoms with Crippen LogP contribution in [0.5, 0.6) is 0 Å². The summed E-state index contributed by atoms with van der Waals surface area (Å²) in [5.74, 6) is -2.24. The van der Waals surface area contributed by atoms with Crippen LogP contribution in [0.2, 0.25) is 0 Å². The van der Waals surface area contributed by atoms with E-state index in [1.54, 1.807) is 24.3 Å². The normalized spacial score (nSPS) is 17.2. The quantitative estimate of drug-likeness (QED) is 0.433. The number of aromatic amines is 1. The summed E-state index contributed by atoms with van der Waals surface area (Å²) in [6.07, 6.45) is -4.08. The van der Waals surface area contributed by atoms with Gasteiger partial charge in [0, 0.05) is 0 Å². The number of rotatable bonds is 5. The Hall–Kier alpha value is -3.61. The van der Waals surface area contributed by atoms with Gasteiger partial charge in [-0.25, -0.2) is 9.18 Å². The Balaban J connectivity index is 1.40. The van der Waals surface area contributed by atoms with E-state index in [9.17, 15) is 31.9 Å². The van der Waals surface area contributed by atoms with Gasteiger partial charge in [0.15, 0.2) is 10.8 Å². The molecule has 3 amide bonds. The number of halogens is 4. The van der Waals surface area contributed by atoms with Gasteiger partial charge < -0.3 is 9.88 Å². The number of nitrogens with one attached hydrogen (secondary N) is 1. The van der Waals surface area contributed by atoms with Crippen molar-refractivity contribution in [3.63, 3.8) is 0 Å². The minimum Gasteiger partial charge on any atom is -0.317 e. The van der Waals surface area contributed by atoms with Crippen molar-refractivity contribution < 1.29 is 27.2 Å². The smallest absolute Gasteiger partial charge is 0.317 e. The average molecular weight is 493 g/mol. The van der Waals surface area contributed by atoms with Gasteiger partial charge in [-0.05, 0) is 24.5 Å². The van der Waals surface area contributed by atoms with Crippen LogP contribution in [0.25, 0.3) is 10.7 Å². The second kappa shape index (κ2) is 7.72. The van der Waals surface area contributed by atoms with Gasteiger partial charge >= 0.3 is 12.2 Å². The van der Waals surface area contributed by atoms with Crippen LogP contribution < -0.4 is 5.56 Å². The van der Waals surface area contributed by atoms with Crippen molar-refractivity contribution in [2.24, 2.45) is 0 Å². The number of nitrogens with zero attached hydrogens (tertiary/aromatic N) is 4. The molecule has 0 atom stereocenters. The van der Waals surface area contributed by atoms with Crippen molar-refractivity contribution in [3.05, 3.63) is 68.7 Å². The van der Waals surface area contributed by atoms with Gasteiger partial charge in [0.25, 0.3) is 11.5 Å². The van der Waals surface area contributed by atoms with E-state index in [1.807, 2.05) is 11.1 Å². The third kappa shape index (κ3) is 3.65. The molecule has 2 aromatic heterocycles. The maximum Gasteiger partial charge on any atom is 0.419 e. The lowest BCUT2D eigenvalue weighted by atomic mass is 10.2. The highest BCUT2D eigenvalue weighted by molar-refractivity contribution is 7.14. The zero-order valence-electron chi connectivity index (χ0n) is 17.2. The Morgan fingerprint density at radius 3 is 2.41 bits per heavy atom. The molecule has 34 heavy (non-hydrogen) atoms. The largest absolute Gasteiger partial charge is 0.419 e. The number of amides is 3. The highest BCUT2D eigenvalue weighted by Crippen LogP contribution is 2.49. The van der Waals surface area contributed by atoms with Crippen molar-refractivity contribution in [1.29, 1.82) is 0 Å². The van der Waals surface area contributed by atoms with Crippen LogP contribution in [0, 0.1) is 5.82 Å². The molecule has 1 aliphatic carbocycles. The van der Waals surface area contributed by atoms with E-state index in [1.165, 1.54) is 9.80 Å². The number of pyridine rings is 1. The van der Waals surface area contributed by atoms with Crippen LogP contribution in [0.3, 0.4) is 0 Å². The number of carbonyl (C=O) groups is 2. The zero-order chi connectivity index (χ0) is 24.3. The van der Waals surface area contributed by atoms with Crippen LogP contribution in [0.15, 0.2) is 41.2 Å². The van der Waals surface area contributed by atoms with Gasteiger partial charge in [0.05, 0.1) is 24.3 Å². The van der Waals surface area contributed by atoms with Crippen LogP contribution in [0.4, 0.5) is 22.4 Å². The first-order chi connectivity index (χ1) is 16.1. The van der Waals surface area contributed by atoms with Crippen molar-refractivity contribution in [1.82, 2.24) is 25.0 Å². The second-order valence-corrected chi connectivity index (χ2v) is 9.08. The first-order valence-electron chi connectivity index (χ1n) is 10.1. The standard InChI is InChI=1S/C21H15F4N5O3S/c22-15-12(21(23,24)25)8-13(26-16(15)31)17-28-27-14(34-17)10-30-19(33)29(18(32)20(30)6-7-20)9-11-4-2-1-3-5-11/h1-5,8H,6-7,9-10H2,(H,26,31). The van der Waals surface area contributed by atoms with E-state index < -0.39 is 34.7 Å². The number of urea groups is 1. The van der Waals surface area contributed by atoms with E-state index in [0.717, 1.165) is 16.9 Å². The summed E-state index contributed by atoms with van der Waals surface area (Å²) in [6, 6.07) is 9.00. The van der Waals surface area contributed by atoms with E-state index in [2.05, 4.69) is 10.2 Å². The summed E-state index contributed by atoms with van der Waals surface area (Å²) in [5, 5.41) is 7.87. The molecule has 13 heteroatoms. The number of alkyl halides is 3. The molecule has 1 aromatic carbocycles. The van der Waals surface area contributed by atoms with Crippen molar-refractivity contribution in [2.75, 3.05) is 0 Å². The predicted molar refractivity (Wildman–Crippen MR) is 111 cm³/mol. The monoisotopic (exact) mass is 493 g/mol. The molecule has 0 radical (unpaired) electrons. The van der Waals surface area contributed by atoms with Gasteiger partial charge in [0.2, 0.25) is 0 Å². The third-order valence-electron chi connectivity index (χ3n) is 5.80. The molecule has 0 bridgehead atoms. The van der Waals surface area contributed by atoms with E-state index in [0.29, 0.717) is 18.9 Å². The van der Waals surface area contributed by atoms with E-state index in [-0.39, 0.29) is 34.7 Å². The van der Waals surface area contributed by atoms with E-state index in [4.69, 9.17) is 0 Å². The first kappa shape index (κ1) is 22.2. The molecular weight excluding hydrogens is 478 g/mol. The minimum atomic E-state index is -5.07. The Kier molecular flexibility index (Phi) is 5.04. The molecule has 3 heterocycles. The molecule has 2 aliphatic rings. The topological polar surface area (TPSA) is 99.3 Å². The van der Waals surface area contributed by atoms with Crippen molar-refractivity contribution in [3.8, 4) is 10.7 Å². The highest BCUT2D eigenvalue weighted by atomic mass is 32.1. The SMILES string of the molecule is O=C1N(Cc2ccccc2)C(=O)C2(CC2)N1Cc1nnc(-c2cc(C(F)(F)F)c(F)c(=O)[nH]2)s1. The summed E-state index contributed by atoms with van der Waals surface area (Å²) in [7, 11) is 0. The van der Waals surface area contributed by atoms with Crippen molar-refractivity contribution in [2.45, 2.75) is 37.6 Å². The van der Waals surface area contributed by atoms with Gasteiger partial charge in [-0.3, -0.25) is 14.5 Å². The number of H-pyrrole nitrogens is 1. The zero-order valence-corrected chi connectivity index (χ0v) is 18.0. The molecule has 1 saturated carbocycles. The predicted octanol–water partition coefficient (Wildman–Crippen LogP) is 3.55. The lowest BCUT2D eigenvalue weighted by molar-refractivity contribution is -0.140. The Morgan fingerprint density at radius 2 is 1.76 bits per heavy atom. The average Bonchev–Trinajstić information content (AvgIpc) is 3.42. The molecule has 2 fully saturated rings. The molecule has 3 aromatic rings. The van der Waals surface area contributed by atoms with Crippen molar-refractivity contribution >= 4 is 23.3 Å². The molecule has 1 N–H and O–H groups in total. The molecule has 8 nitrogen and oxygen atoms in total. The summed E-state index contributed by atoms with van der Waals surface area (Å²) >= 11 is 0.838. The van der Waals surface area contributed by atoms with Gasteiger partial charge in [-0.15, -0.1) is 10.2 Å². The fourth-order valence-electron chi connectivity index (χ4n) is 3.94. The van der Waals surface area contributed by atoms with Crippen LogP contribution in [-0.4, -0.2) is 42.5 Å². The Labute approximate surface area is 192 Å². The lowest BCUT2D eigenvalue weighted by Crippen LogP contribution is -2.36. The van der Waals surface area contributed by atoms with Gasteiger partial charge in [-0.1, -0.05) is 41.7 Å². The third-order valence-corrected chi connectivity index (χ3v) is 6.74. The highest BCUT2D eigenvalue weighted by Gasteiger charge is 2.64. The number of benzene rings is 1. The van der Waals surface area contributed by atoms with Crippen LogP contribution in [-0.2, 0) is 24.1 Å². The minimum absolute atomic E-state index is 0.0783. The van der Waals surface area contributed by atoms with Crippen LogP contribution >= 0.6 is 11.3 Å². The fraction of sp³-hybridized carbons (Fsp3) is 0.286. The summed E-state index contributed by atoms with van der Waals surface area (Å²) in [4.78, 5) is 42.3. The number of imide groups is 1. The molecule has 0 unspecified atom stereocenters. The van der Waals surface area contributed by atoms with Gasteiger partial charge in [-0.2, -0.15) is 13.2 Å². The molecule has 176 valence electrons. The lowest BCUT2D eigenvalue weighted by Gasteiger charge is -2.19. The summed E-state index contributed by atoms with van der Waals surface area (Å²) in [5.41, 5.74) is -3.75. The number of aromatic nitrogens is 3. The number of hydrogen-bond acceptors (Lipinski definition) is 6. The number of carbonyl (C=O) groups excluding carboxylic acids is 2. The first-order valence-corrected chi connectivity index (χ1v) is 10.9. The number of hydrogen-bond donors (Lipinski definition) is 1. The molecule has 1 aliphatic heterocycles. The Morgan fingerprint density at radius 1 is 1.06 bits per heavy atom. The molecule has 1 spiro atoms. The summed E-state index contributed by atoms with van der Waals surface area (Å²) < 4.78 is 52.8. The maximum atomic E-state index is 13.7. The maximum absolute atomic E-state index is 13.7. The fourth-order valence-corrected chi connectivity index (χ4v) is 4.74. The second-order valence-electron chi connectivity index (χ2n) is 8.02. The summed E-state index contributed by atoms with van der Waals surface area (Å²) in [6.45, 7) is 0.0419. The Bertz CT molecular complexity index is 1350.